The van der Waals surface area contributed by atoms with Crippen LogP contribution in [0.25, 0.3) is 0 Å². The molecule has 2 atom stereocenters. The molecule has 3 amide bonds. The van der Waals surface area contributed by atoms with E-state index in [4.69, 9.17) is 9.47 Å². The summed E-state index contributed by atoms with van der Waals surface area (Å²) in [7, 11) is 0. The summed E-state index contributed by atoms with van der Waals surface area (Å²) in [5, 5.41) is 5.16. The van der Waals surface area contributed by atoms with Gasteiger partial charge in [-0.3, -0.25) is 14.5 Å². The third-order valence-electron chi connectivity index (χ3n) is 5.74. The summed E-state index contributed by atoms with van der Waals surface area (Å²) in [6.07, 6.45) is 1.54. The number of fused-ring (bicyclic) bond motifs is 2. The highest BCUT2D eigenvalue weighted by molar-refractivity contribution is 7.09. The number of carbonyl (C=O) groups is 3. The van der Waals surface area contributed by atoms with Gasteiger partial charge in [0.05, 0.1) is 19.1 Å². The fourth-order valence-electron chi connectivity index (χ4n) is 4.22. The Morgan fingerprint density at radius 3 is 2.90 bits per heavy atom. The summed E-state index contributed by atoms with van der Waals surface area (Å²) in [6.45, 7) is 0.981. The smallest absolute Gasteiger partial charge is 0.327 e. The molecule has 1 N–H and O–H groups in total. The van der Waals surface area contributed by atoms with Gasteiger partial charge in [0.15, 0.2) is 17.3 Å². The first-order chi connectivity index (χ1) is 14.6. The number of Topliss-reactive ketones (excluding diaryl/α,β-unsaturated/α-hetero) is 1. The van der Waals surface area contributed by atoms with Gasteiger partial charge in [0.25, 0.3) is 0 Å². The Kier molecular flexibility index (Phi) is 4.92. The molecule has 0 bridgehead atoms. The SMILES string of the molecule is O=C(CN1C(=O)N(Cc2cccs2)C(=O)C2NCCCC21)c1ccc2c(c1)OCO2. The maximum atomic E-state index is 13.3. The molecule has 2 unspecified atom stereocenters. The van der Waals surface area contributed by atoms with Crippen LogP contribution in [-0.2, 0) is 11.3 Å². The van der Waals surface area contributed by atoms with Crippen molar-refractivity contribution < 1.29 is 23.9 Å². The number of nitrogens with zero attached hydrogens (tertiary/aromatic N) is 2. The van der Waals surface area contributed by atoms with E-state index in [-0.39, 0.29) is 37.6 Å². The second-order valence-corrected chi connectivity index (χ2v) is 8.58. The predicted octanol–water partition coefficient (Wildman–Crippen LogP) is 2.24. The van der Waals surface area contributed by atoms with Gasteiger partial charge in [0.1, 0.15) is 6.04 Å². The molecule has 4 heterocycles. The number of ketones is 1. The fraction of sp³-hybridized carbons (Fsp3) is 0.381. The second kappa shape index (κ2) is 7.73. The summed E-state index contributed by atoms with van der Waals surface area (Å²) < 4.78 is 10.7. The van der Waals surface area contributed by atoms with Crippen LogP contribution in [0, 0.1) is 0 Å². The number of amides is 3. The van der Waals surface area contributed by atoms with Crippen LogP contribution in [0.3, 0.4) is 0 Å². The molecule has 30 heavy (non-hydrogen) atoms. The molecular formula is C21H21N3O5S. The van der Waals surface area contributed by atoms with Gasteiger partial charge in [0, 0.05) is 10.4 Å². The number of urea groups is 1. The molecule has 2 fully saturated rings. The van der Waals surface area contributed by atoms with E-state index in [1.165, 1.54) is 16.2 Å². The lowest BCUT2D eigenvalue weighted by Gasteiger charge is -2.46. The predicted molar refractivity (Wildman–Crippen MR) is 109 cm³/mol. The lowest BCUT2D eigenvalue weighted by Crippen LogP contribution is -2.69. The van der Waals surface area contributed by atoms with Crippen LogP contribution >= 0.6 is 11.3 Å². The van der Waals surface area contributed by atoms with E-state index < -0.39 is 12.1 Å². The number of hydrogen-bond acceptors (Lipinski definition) is 7. The Hall–Kier alpha value is -2.91. The normalized spacial score (nSPS) is 22.9. The van der Waals surface area contributed by atoms with Crippen molar-refractivity contribution in [2.24, 2.45) is 0 Å². The standard InChI is InChI=1S/C21H21N3O5S/c25-16(13-5-6-17-18(9-13)29-12-28-17)11-23-15-4-1-7-22-19(15)20(26)24(21(23)27)10-14-3-2-8-30-14/h2-3,5-6,8-9,15,19,22H,1,4,7,10-12H2. The molecule has 9 heteroatoms. The zero-order valence-electron chi connectivity index (χ0n) is 16.2. The molecular weight excluding hydrogens is 406 g/mol. The summed E-state index contributed by atoms with van der Waals surface area (Å²) in [6, 6.07) is 7.59. The maximum Gasteiger partial charge on any atom is 0.327 e. The van der Waals surface area contributed by atoms with Crippen LogP contribution in [0.5, 0.6) is 11.5 Å². The first kappa shape index (κ1) is 19.1. The molecule has 3 aliphatic heterocycles. The minimum absolute atomic E-state index is 0.0878. The van der Waals surface area contributed by atoms with Gasteiger partial charge in [0.2, 0.25) is 12.7 Å². The fourth-order valence-corrected chi connectivity index (χ4v) is 4.92. The first-order valence-corrected chi connectivity index (χ1v) is 10.8. The van der Waals surface area contributed by atoms with Gasteiger partial charge < -0.3 is 19.7 Å². The summed E-state index contributed by atoms with van der Waals surface area (Å²) in [5.41, 5.74) is 0.453. The van der Waals surface area contributed by atoms with Crippen molar-refractivity contribution >= 4 is 29.1 Å². The molecule has 0 radical (unpaired) electrons. The Morgan fingerprint density at radius 2 is 2.07 bits per heavy atom. The molecule has 8 nitrogen and oxygen atoms in total. The number of benzene rings is 1. The zero-order chi connectivity index (χ0) is 20.7. The zero-order valence-corrected chi connectivity index (χ0v) is 17.0. The number of thiophene rings is 1. The molecule has 0 aliphatic carbocycles. The lowest BCUT2D eigenvalue weighted by molar-refractivity contribution is -0.137. The van der Waals surface area contributed by atoms with E-state index in [1.54, 1.807) is 23.1 Å². The van der Waals surface area contributed by atoms with Crippen molar-refractivity contribution in [3.8, 4) is 11.5 Å². The van der Waals surface area contributed by atoms with E-state index in [1.807, 2.05) is 17.5 Å². The topological polar surface area (TPSA) is 88.2 Å². The monoisotopic (exact) mass is 427 g/mol. The molecule has 156 valence electrons. The van der Waals surface area contributed by atoms with Crippen molar-refractivity contribution in [1.82, 2.24) is 15.1 Å². The third kappa shape index (κ3) is 3.33. The molecule has 0 saturated carbocycles. The second-order valence-electron chi connectivity index (χ2n) is 7.55. The van der Waals surface area contributed by atoms with Crippen LogP contribution in [-0.4, -0.2) is 59.5 Å². The van der Waals surface area contributed by atoms with E-state index in [0.717, 1.165) is 17.8 Å². The number of carbonyl (C=O) groups excluding carboxylic acids is 3. The molecule has 3 aliphatic rings. The Balaban J connectivity index is 1.40. The highest BCUT2D eigenvalue weighted by Crippen LogP contribution is 2.33. The largest absolute Gasteiger partial charge is 0.454 e. The summed E-state index contributed by atoms with van der Waals surface area (Å²) >= 11 is 1.50. The third-order valence-corrected chi connectivity index (χ3v) is 6.60. The average molecular weight is 427 g/mol. The Labute approximate surface area is 177 Å². The van der Waals surface area contributed by atoms with Gasteiger partial charge >= 0.3 is 6.03 Å². The first-order valence-electron chi connectivity index (χ1n) is 9.92. The van der Waals surface area contributed by atoms with Gasteiger partial charge in [-0.25, -0.2) is 4.79 Å². The molecule has 1 aromatic heterocycles. The van der Waals surface area contributed by atoms with Crippen LogP contribution in [0.2, 0.25) is 0 Å². The lowest BCUT2D eigenvalue weighted by atomic mass is 9.93. The quantitative estimate of drug-likeness (QED) is 0.737. The van der Waals surface area contributed by atoms with Crippen molar-refractivity contribution in [3.63, 3.8) is 0 Å². The van der Waals surface area contributed by atoms with Gasteiger partial charge in [-0.15, -0.1) is 11.3 Å². The Morgan fingerprint density at radius 1 is 1.20 bits per heavy atom. The van der Waals surface area contributed by atoms with Crippen LogP contribution in [0.1, 0.15) is 28.1 Å². The molecule has 0 spiro atoms. The highest BCUT2D eigenvalue weighted by atomic mass is 32.1. The average Bonchev–Trinajstić information content (AvgIpc) is 3.45. The van der Waals surface area contributed by atoms with Crippen molar-refractivity contribution in [3.05, 3.63) is 46.2 Å². The molecule has 2 aromatic rings. The van der Waals surface area contributed by atoms with Crippen molar-refractivity contribution in [2.75, 3.05) is 19.9 Å². The van der Waals surface area contributed by atoms with Crippen LogP contribution in [0.15, 0.2) is 35.7 Å². The van der Waals surface area contributed by atoms with Gasteiger partial charge in [-0.1, -0.05) is 6.07 Å². The number of rotatable bonds is 5. The van der Waals surface area contributed by atoms with Crippen molar-refractivity contribution in [2.45, 2.75) is 31.5 Å². The van der Waals surface area contributed by atoms with E-state index in [9.17, 15) is 14.4 Å². The molecule has 5 rings (SSSR count). The summed E-state index contributed by atoms with van der Waals surface area (Å²) in [5.74, 6) is 0.712. The number of piperidine rings is 1. The Bertz CT molecular complexity index is 993. The maximum absolute atomic E-state index is 13.3. The number of ether oxygens (including phenoxy) is 2. The van der Waals surface area contributed by atoms with Crippen LogP contribution < -0.4 is 14.8 Å². The van der Waals surface area contributed by atoms with E-state index in [2.05, 4.69) is 5.32 Å². The molecule has 1 aromatic carbocycles. The number of hydrogen-bond donors (Lipinski definition) is 1. The van der Waals surface area contributed by atoms with E-state index in [0.29, 0.717) is 23.5 Å². The highest BCUT2D eigenvalue weighted by Gasteiger charge is 2.47. The summed E-state index contributed by atoms with van der Waals surface area (Å²) in [4.78, 5) is 43.1. The van der Waals surface area contributed by atoms with Gasteiger partial charge in [-0.2, -0.15) is 0 Å². The van der Waals surface area contributed by atoms with Crippen molar-refractivity contribution in [1.29, 1.82) is 0 Å². The van der Waals surface area contributed by atoms with Gasteiger partial charge in [-0.05, 0) is 49.0 Å². The molecule has 2 saturated heterocycles. The van der Waals surface area contributed by atoms with Crippen LogP contribution in [0.4, 0.5) is 4.79 Å². The minimum Gasteiger partial charge on any atom is -0.454 e. The number of nitrogens with one attached hydrogen (secondary N) is 1. The van der Waals surface area contributed by atoms with E-state index >= 15 is 0 Å². The minimum atomic E-state index is -0.485. The number of imide groups is 1.